The maximum atomic E-state index is 13.3. The first-order valence-corrected chi connectivity index (χ1v) is 8.26. The molecular weight excluding hydrogens is 286 g/mol. The minimum Gasteiger partial charge on any atom is -0.317 e. The second-order valence-corrected chi connectivity index (χ2v) is 6.32. The Balaban J connectivity index is 2.46. The maximum absolute atomic E-state index is 13.3. The topological polar surface area (TPSA) is 58.2 Å². The fourth-order valence-corrected chi connectivity index (χ4v) is 2.84. The van der Waals surface area contributed by atoms with Gasteiger partial charge in [0.15, 0.2) is 0 Å². The molecule has 0 radical (unpaired) electrons. The van der Waals surface area contributed by atoms with E-state index in [9.17, 15) is 17.2 Å². The number of unbranched alkanes of at least 4 members (excludes halogenated alkanes) is 1. The Kier molecular flexibility index (Phi) is 6.87. The SMILES string of the molecule is CCCNCCCCS(=O)(=O)Nc1c(F)cccc1F. The average Bonchev–Trinajstić information content (AvgIpc) is 2.38. The summed E-state index contributed by atoms with van der Waals surface area (Å²) in [5, 5.41) is 3.15. The van der Waals surface area contributed by atoms with Gasteiger partial charge in [0.1, 0.15) is 17.3 Å². The molecule has 1 aromatic rings. The van der Waals surface area contributed by atoms with Crippen LogP contribution in [0.3, 0.4) is 0 Å². The van der Waals surface area contributed by atoms with Crippen LogP contribution in [-0.2, 0) is 10.0 Å². The highest BCUT2D eigenvalue weighted by Crippen LogP contribution is 2.19. The molecule has 0 heterocycles. The molecule has 0 fully saturated rings. The molecule has 0 amide bonds. The molecule has 0 unspecified atom stereocenters. The molecule has 0 saturated heterocycles. The minimum absolute atomic E-state index is 0.158. The first kappa shape index (κ1) is 16.8. The predicted octanol–water partition coefficient (Wildman–Crippen LogP) is 2.49. The van der Waals surface area contributed by atoms with Gasteiger partial charge in [-0.15, -0.1) is 0 Å². The molecule has 114 valence electrons. The van der Waals surface area contributed by atoms with E-state index < -0.39 is 27.3 Å². The van der Waals surface area contributed by atoms with Crippen LogP contribution in [0.1, 0.15) is 26.2 Å². The lowest BCUT2D eigenvalue weighted by Crippen LogP contribution is -2.20. The lowest BCUT2D eigenvalue weighted by molar-refractivity contribution is 0.579. The molecule has 2 N–H and O–H groups in total. The van der Waals surface area contributed by atoms with E-state index in [1.165, 1.54) is 6.07 Å². The van der Waals surface area contributed by atoms with Crippen LogP contribution in [0.25, 0.3) is 0 Å². The molecule has 1 aromatic carbocycles. The van der Waals surface area contributed by atoms with Gasteiger partial charge < -0.3 is 5.32 Å². The van der Waals surface area contributed by atoms with Crippen molar-refractivity contribution in [3.05, 3.63) is 29.8 Å². The number of hydrogen-bond donors (Lipinski definition) is 2. The highest BCUT2D eigenvalue weighted by molar-refractivity contribution is 7.92. The van der Waals surface area contributed by atoms with Crippen LogP contribution in [0.15, 0.2) is 18.2 Å². The average molecular weight is 306 g/mol. The summed E-state index contributed by atoms with van der Waals surface area (Å²) < 4.78 is 52.1. The second-order valence-electron chi connectivity index (χ2n) is 4.47. The summed E-state index contributed by atoms with van der Waals surface area (Å²) in [4.78, 5) is 0. The smallest absolute Gasteiger partial charge is 0.232 e. The Morgan fingerprint density at radius 3 is 2.35 bits per heavy atom. The van der Waals surface area contributed by atoms with Crippen molar-refractivity contribution >= 4 is 15.7 Å². The van der Waals surface area contributed by atoms with E-state index in [4.69, 9.17) is 0 Å². The van der Waals surface area contributed by atoms with Crippen molar-refractivity contribution in [2.45, 2.75) is 26.2 Å². The summed E-state index contributed by atoms with van der Waals surface area (Å²) in [6.07, 6.45) is 2.15. The van der Waals surface area contributed by atoms with Crippen LogP contribution < -0.4 is 10.0 Å². The Bertz CT molecular complexity index is 501. The molecular formula is C13H20F2N2O2S. The van der Waals surface area contributed by atoms with Gasteiger partial charge in [-0.1, -0.05) is 13.0 Å². The van der Waals surface area contributed by atoms with Gasteiger partial charge in [0.05, 0.1) is 5.75 Å². The van der Waals surface area contributed by atoms with Crippen molar-refractivity contribution < 1.29 is 17.2 Å². The summed E-state index contributed by atoms with van der Waals surface area (Å²) in [7, 11) is -3.73. The Morgan fingerprint density at radius 1 is 1.10 bits per heavy atom. The lowest BCUT2D eigenvalue weighted by Gasteiger charge is -2.09. The van der Waals surface area contributed by atoms with Crippen molar-refractivity contribution in [3.63, 3.8) is 0 Å². The van der Waals surface area contributed by atoms with Crippen molar-refractivity contribution in [3.8, 4) is 0 Å². The predicted molar refractivity (Wildman–Crippen MR) is 76.2 cm³/mol. The molecule has 0 atom stereocenters. The van der Waals surface area contributed by atoms with E-state index in [1.54, 1.807) is 0 Å². The van der Waals surface area contributed by atoms with E-state index in [1.807, 2.05) is 11.6 Å². The van der Waals surface area contributed by atoms with Crippen LogP contribution >= 0.6 is 0 Å². The zero-order valence-electron chi connectivity index (χ0n) is 11.5. The number of nitrogens with one attached hydrogen (secondary N) is 2. The van der Waals surface area contributed by atoms with Crippen LogP contribution in [0, 0.1) is 11.6 Å². The Morgan fingerprint density at radius 2 is 1.75 bits per heavy atom. The summed E-state index contributed by atoms with van der Waals surface area (Å²) in [5.41, 5.74) is -0.614. The van der Waals surface area contributed by atoms with Crippen LogP contribution in [-0.4, -0.2) is 27.3 Å². The monoisotopic (exact) mass is 306 g/mol. The number of benzene rings is 1. The van der Waals surface area contributed by atoms with Crippen LogP contribution in [0.4, 0.5) is 14.5 Å². The molecule has 0 aliphatic heterocycles. The van der Waals surface area contributed by atoms with Crippen molar-refractivity contribution in [2.24, 2.45) is 0 Å². The standard InChI is InChI=1S/C13H20F2N2O2S/c1-2-8-16-9-3-4-10-20(18,19)17-13-11(14)6-5-7-12(13)15/h5-7,16-17H,2-4,8-10H2,1H3. The van der Waals surface area contributed by atoms with Gasteiger partial charge in [-0.05, 0) is 44.5 Å². The van der Waals surface area contributed by atoms with Gasteiger partial charge in [-0.3, -0.25) is 4.72 Å². The first-order valence-electron chi connectivity index (χ1n) is 6.61. The van der Waals surface area contributed by atoms with E-state index >= 15 is 0 Å². The van der Waals surface area contributed by atoms with Crippen molar-refractivity contribution in [1.82, 2.24) is 5.32 Å². The molecule has 0 bridgehead atoms. The summed E-state index contributed by atoms with van der Waals surface area (Å²) >= 11 is 0. The number of sulfonamides is 1. The Hall–Kier alpha value is -1.21. The van der Waals surface area contributed by atoms with Gasteiger partial charge >= 0.3 is 0 Å². The number of rotatable bonds is 9. The first-order chi connectivity index (χ1) is 9.46. The summed E-state index contributed by atoms with van der Waals surface area (Å²) in [5.74, 6) is -1.99. The number of hydrogen-bond acceptors (Lipinski definition) is 3. The molecule has 7 heteroatoms. The highest BCUT2D eigenvalue weighted by Gasteiger charge is 2.16. The third-order valence-electron chi connectivity index (χ3n) is 2.66. The van der Waals surface area contributed by atoms with Crippen molar-refractivity contribution in [2.75, 3.05) is 23.6 Å². The molecule has 0 aliphatic carbocycles. The van der Waals surface area contributed by atoms with Crippen molar-refractivity contribution in [1.29, 1.82) is 0 Å². The molecule has 0 saturated carbocycles. The lowest BCUT2D eigenvalue weighted by atomic mass is 10.3. The molecule has 4 nitrogen and oxygen atoms in total. The van der Waals surface area contributed by atoms with E-state index in [0.29, 0.717) is 12.8 Å². The quantitative estimate of drug-likeness (QED) is 0.689. The van der Waals surface area contributed by atoms with Gasteiger partial charge in [-0.2, -0.15) is 0 Å². The molecule has 0 aliphatic rings. The third-order valence-corrected chi connectivity index (χ3v) is 4.00. The fraction of sp³-hybridized carbons (Fsp3) is 0.538. The molecule has 1 rings (SSSR count). The minimum atomic E-state index is -3.73. The van der Waals surface area contributed by atoms with Gasteiger partial charge in [0, 0.05) is 0 Å². The highest BCUT2D eigenvalue weighted by atomic mass is 32.2. The zero-order chi connectivity index (χ0) is 15.0. The van der Waals surface area contributed by atoms with Crippen LogP contribution in [0.2, 0.25) is 0 Å². The largest absolute Gasteiger partial charge is 0.317 e. The third kappa shape index (κ3) is 5.83. The van der Waals surface area contributed by atoms with E-state index in [-0.39, 0.29) is 5.75 Å². The van der Waals surface area contributed by atoms with Crippen LogP contribution in [0.5, 0.6) is 0 Å². The van der Waals surface area contributed by atoms with E-state index in [2.05, 4.69) is 5.32 Å². The van der Waals surface area contributed by atoms with E-state index in [0.717, 1.165) is 31.6 Å². The van der Waals surface area contributed by atoms with Gasteiger partial charge in [-0.25, -0.2) is 17.2 Å². The molecule has 0 spiro atoms. The summed E-state index contributed by atoms with van der Waals surface area (Å²) in [6.45, 7) is 3.67. The zero-order valence-corrected chi connectivity index (χ0v) is 12.3. The number of halogens is 2. The number of para-hydroxylation sites is 1. The van der Waals surface area contributed by atoms with Gasteiger partial charge in [0.2, 0.25) is 10.0 Å². The Labute approximate surface area is 118 Å². The second kappa shape index (κ2) is 8.16. The van der Waals surface area contributed by atoms with Gasteiger partial charge in [0.25, 0.3) is 0 Å². The fourth-order valence-electron chi connectivity index (χ4n) is 1.65. The maximum Gasteiger partial charge on any atom is 0.232 e. The molecule has 20 heavy (non-hydrogen) atoms. The normalized spacial score (nSPS) is 11.6. The molecule has 0 aromatic heterocycles. The number of anilines is 1. The summed E-state index contributed by atoms with van der Waals surface area (Å²) in [6, 6.07) is 3.20.